The molecule has 0 radical (unpaired) electrons. The van der Waals surface area contributed by atoms with E-state index in [9.17, 15) is 9.59 Å². The van der Waals surface area contributed by atoms with Gasteiger partial charge in [-0.05, 0) is 38.1 Å². The van der Waals surface area contributed by atoms with E-state index in [1.54, 1.807) is 7.11 Å². The van der Waals surface area contributed by atoms with Crippen LogP contribution in [0, 0.1) is 5.41 Å². The van der Waals surface area contributed by atoms with Crippen molar-refractivity contribution in [3.05, 3.63) is 0 Å². The average molecular weight is 455 g/mol. The van der Waals surface area contributed by atoms with Crippen molar-refractivity contribution < 1.29 is 14.3 Å². The van der Waals surface area contributed by atoms with Gasteiger partial charge in [-0.1, -0.05) is 19.3 Å². The number of piperazine rings is 1. The van der Waals surface area contributed by atoms with Crippen molar-refractivity contribution in [2.24, 2.45) is 11.1 Å². The number of rotatable bonds is 9. The van der Waals surface area contributed by atoms with Crippen LogP contribution in [0.15, 0.2) is 0 Å². The number of ether oxygens (including phenoxy) is 1. The zero-order valence-electron chi connectivity index (χ0n) is 18.0. The number of hydrogen-bond acceptors (Lipinski definition) is 5. The number of hydrogen-bond donors (Lipinski definition) is 2. The molecule has 9 heteroatoms. The summed E-state index contributed by atoms with van der Waals surface area (Å²) in [5.74, 6) is 0.286. The fourth-order valence-electron chi connectivity index (χ4n) is 4.29. The predicted octanol–water partition coefficient (Wildman–Crippen LogP) is 1.81. The van der Waals surface area contributed by atoms with Crippen LogP contribution in [0.4, 0.5) is 0 Å². The Morgan fingerprint density at radius 3 is 2.28 bits per heavy atom. The van der Waals surface area contributed by atoms with Gasteiger partial charge in [-0.2, -0.15) is 0 Å². The number of halogens is 2. The Bertz CT molecular complexity index is 482. The third-order valence-corrected chi connectivity index (χ3v) is 6.29. The van der Waals surface area contributed by atoms with Gasteiger partial charge in [0, 0.05) is 52.9 Å². The highest BCUT2D eigenvalue weighted by Crippen LogP contribution is 2.38. The Morgan fingerprint density at radius 1 is 1.10 bits per heavy atom. The third kappa shape index (κ3) is 8.58. The fourth-order valence-corrected chi connectivity index (χ4v) is 4.29. The lowest BCUT2D eigenvalue weighted by molar-refractivity contribution is -0.137. The molecule has 2 amide bonds. The highest BCUT2D eigenvalue weighted by molar-refractivity contribution is 5.85. The number of amides is 2. The van der Waals surface area contributed by atoms with Crippen molar-refractivity contribution in [1.82, 2.24) is 15.1 Å². The van der Waals surface area contributed by atoms with E-state index < -0.39 is 0 Å². The molecule has 172 valence electrons. The highest BCUT2D eigenvalue weighted by atomic mass is 35.5. The van der Waals surface area contributed by atoms with E-state index in [-0.39, 0.29) is 48.1 Å². The molecule has 2 aliphatic rings. The molecular weight excluding hydrogens is 415 g/mol. The van der Waals surface area contributed by atoms with Crippen LogP contribution in [0.2, 0.25) is 0 Å². The summed E-state index contributed by atoms with van der Waals surface area (Å²) in [5, 5.41) is 2.96. The van der Waals surface area contributed by atoms with Gasteiger partial charge in [0.1, 0.15) is 0 Å². The number of carbonyl (C=O) groups is 2. The number of methoxy groups -OCH3 is 1. The molecule has 29 heavy (non-hydrogen) atoms. The van der Waals surface area contributed by atoms with Crippen molar-refractivity contribution in [1.29, 1.82) is 0 Å². The van der Waals surface area contributed by atoms with E-state index in [0.717, 1.165) is 32.4 Å². The zero-order valence-corrected chi connectivity index (χ0v) is 19.6. The topological polar surface area (TPSA) is 87.9 Å². The minimum Gasteiger partial charge on any atom is -0.385 e. The lowest BCUT2D eigenvalue weighted by Crippen LogP contribution is -2.55. The number of nitrogens with two attached hydrogens (primary N) is 1. The molecule has 0 aromatic rings. The smallest absolute Gasteiger partial charge is 0.237 e. The molecule has 7 nitrogen and oxygen atoms in total. The van der Waals surface area contributed by atoms with Gasteiger partial charge in [-0.3, -0.25) is 14.5 Å². The van der Waals surface area contributed by atoms with Crippen LogP contribution in [0.25, 0.3) is 0 Å². The quantitative estimate of drug-likeness (QED) is 0.518. The van der Waals surface area contributed by atoms with Crippen LogP contribution in [0.3, 0.4) is 0 Å². The zero-order chi connectivity index (χ0) is 19.7. The monoisotopic (exact) mass is 454 g/mol. The molecule has 2 rings (SSSR count). The molecule has 1 unspecified atom stereocenters. The van der Waals surface area contributed by atoms with E-state index in [1.807, 2.05) is 11.8 Å². The maximum absolute atomic E-state index is 12.8. The van der Waals surface area contributed by atoms with Crippen molar-refractivity contribution in [3.8, 4) is 0 Å². The van der Waals surface area contributed by atoms with Gasteiger partial charge in [0.05, 0.1) is 6.04 Å². The highest BCUT2D eigenvalue weighted by Gasteiger charge is 2.35. The molecule has 2 fully saturated rings. The normalized spacial score (nSPS) is 20.2. The maximum Gasteiger partial charge on any atom is 0.237 e. The summed E-state index contributed by atoms with van der Waals surface area (Å²) in [6, 6.07) is -0.168. The molecule has 1 saturated heterocycles. The van der Waals surface area contributed by atoms with Gasteiger partial charge >= 0.3 is 0 Å². The summed E-state index contributed by atoms with van der Waals surface area (Å²) in [4.78, 5) is 29.2. The van der Waals surface area contributed by atoms with Crippen molar-refractivity contribution in [2.45, 2.75) is 57.9 Å². The van der Waals surface area contributed by atoms with Gasteiger partial charge in [-0.25, -0.2) is 0 Å². The summed E-state index contributed by atoms with van der Waals surface area (Å²) in [6.07, 6.45) is 7.20. The van der Waals surface area contributed by atoms with Gasteiger partial charge in [0.25, 0.3) is 0 Å². The van der Waals surface area contributed by atoms with E-state index in [4.69, 9.17) is 10.5 Å². The van der Waals surface area contributed by atoms with Crippen molar-refractivity contribution >= 4 is 36.6 Å². The van der Waals surface area contributed by atoms with Crippen LogP contribution in [-0.4, -0.2) is 80.6 Å². The molecule has 1 atom stereocenters. The molecule has 0 spiro atoms. The van der Waals surface area contributed by atoms with E-state index in [2.05, 4.69) is 10.2 Å². The van der Waals surface area contributed by atoms with Crippen LogP contribution in [-0.2, 0) is 14.3 Å². The number of nitrogens with zero attached hydrogens (tertiary/aromatic N) is 2. The number of carbonyl (C=O) groups excluding carboxylic acids is 2. The van der Waals surface area contributed by atoms with Crippen LogP contribution >= 0.6 is 24.8 Å². The predicted molar refractivity (Wildman–Crippen MR) is 121 cm³/mol. The first-order valence-electron chi connectivity index (χ1n) is 10.5. The summed E-state index contributed by atoms with van der Waals surface area (Å²) < 4.78 is 5.00. The first-order chi connectivity index (χ1) is 13.0. The SMILES string of the molecule is COCCCNC(=O)C(C)N1CCN(C(=O)CC2(CN)CCCCC2)CC1.Cl.Cl. The molecule has 1 aliphatic heterocycles. The Kier molecular flexibility index (Phi) is 14.1. The molecule has 0 bridgehead atoms. The largest absolute Gasteiger partial charge is 0.385 e. The number of nitrogens with one attached hydrogen (secondary N) is 1. The first kappa shape index (κ1) is 28.4. The third-order valence-electron chi connectivity index (χ3n) is 6.29. The van der Waals surface area contributed by atoms with Gasteiger partial charge in [0.15, 0.2) is 0 Å². The fraction of sp³-hybridized carbons (Fsp3) is 0.900. The van der Waals surface area contributed by atoms with Gasteiger partial charge < -0.3 is 20.7 Å². The van der Waals surface area contributed by atoms with E-state index in [1.165, 1.54) is 19.3 Å². The summed E-state index contributed by atoms with van der Waals surface area (Å²) >= 11 is 0. The molecule has 0 aromatic carbocycles. The van der Waals surface area contributed by atoms with Crippen LogP contribution < -0.4 is 11.1 Å². The van der Waals surface area contributed by atoms with Gasteiger partial charge in [0.2, 0.25) is 11.8 Å². The standard InChI is InChI=1S/C20H38N4O3.2ClH/c1-17(19(26)22-9-6-14-27-2)23-10-12-24(13-11-23)18(25)15-20(16-21)7-4-3-5-8-20;;/h17H,3-16,21H2,1-2H3,(H,22,26);2*1H. The van der Waals surface area contributed by atoms with Gasteiger partial charge in [-0.15, -0.1) is 24.8 Å². The lowest BCUT2D eigenvalue weighted by Gasteiger charge is -2.40. The first-order valence-corrected chi connectivity index (χ1v) is 10.5. The van der Waals surface area contributed by atoms with Crippen molar-refractivity contribution in [2.75, 3.05) is 53.0 Å². The minimum absolute atomic E-state index is 0. The minimum atomic E-state index is -0.168. The van der Waals surface area contributed by atoms with Crippen LogP contribution in [0.5, 0.6) is 0 Å². The Balaban J connectivity index is 0.00000392. The second-order valence-electron chi connectivity index (χ2n) is 8.17. The second kappa shape index (κ2) is 14.4. The Labute approximate surface area is 188 Å². The molecule has 3 N–H and O–H groups in total. The molecule has 1 heterocycles. The molecular formula is C20H40Cl2N4O3. The van der Waals surface area contributed by atoms with E-state index >= 15 is 0 Å². The average Bonchev–Trinajstić information content (AvgIpc) is 2.71. The Morgan fingerprint density at radius 2 is 1.72 bits per heavy atom. The molecule has 0 aromatic heterocycles. The van der Waals surface area contributed by atoms with Crippen LogP contribution in [0.1, 0.15) is 51.9 Å². The molecule has 1 aliphatic carbocycles. The second-order valence-corrected chi connectivity index (χ2v) is 8.17. The summed E-state index contributed by atoms with van der Waals surface area (Å²) in [7, 11) is 1.66. The van der Waals surface area contributed by atoms with E-state index in [0.29, 0.717) is 39.2 Å². The Hall–Kier alpha value is -0.600. The molecule has 1 saturated carbocycles. The summed E-state index contributed by atoms with van der Waals surface area (Å²) in [5.41, 5.74) is 6.05. The lowest BCUT2D eigenvalue weighted by atomic mass is 9.71. The van der Waals surface area contributed by atoms with Crippen molar-refractivity contribution in [3.63, 3.8) is 0 Å². The summed E-state index contributed by atoms with van der Waals surface area (Å²) in [6.45, 7) is 6.72. The maximum atomic E-state index is 12.8.